The Morgan fingerprint density at radius 1 is 0.393 bits per heavy atom. The third kappa shape index (κ3) is 5.50. The lowest BCUT2D eigenvalue weighted by molar-refractivity contribution is 1.17. The number of fused-ring (bicyclic) bond motifs is 5. The molecule has 0 aliphatic carbocycles. The van der Waals surface area contributed by atoms with Crippen molar-refractivity contribution in [3.05, 3.63) is 194 Å². The highest BCUT2D eigenvalue weighted by Gasteiger charge is 2.31. The maximum Gasteiger partial charge on any atom is 0.173 e. The maximum absolute atomic E-state index is 5.23. The molecule has 264 valence electrons. The van der Waals surface area contributed by atoms with Crippen LogP contribution < -0.4 is 9.80 Å². The van der Waals surface area contributed by atoms with Gasteiger partial charge in [-0.3, -0.25) is 0 Å². The first-order valence-corrected chi connectivity index (χ1v) is 20.2. The van der Waals surface area contributed by atoms with Gasteiger partial charge in [0.2, 0.25) is 0 Å². The third-order valence-corrected chi connectivity index (χ3v) is 12.4. The first kappa shape index (κ1) is 32.6. The van der Waals surface area contributed by atoms with Gasteiger partial charge in [0.25, 0.3) is 0 Å². The predicted octanol–water partition coefficient (Wildman–Crippen LogP) is 14.8. The van der Waals surface area contributed by atoms with Gasteiger partial charge in [-0.1, -0.05) is 127 Å². The van der Waals surface area contributed by atoms with E-state index < -0.39 is 0 Å². The van der Waals surface area contributed by atoms with E-state index >= 15 is 0 Å². The van der Waals surface area contributed by atoms with Gasteiger partial charge in [0.05, 0.1) is 22.7 Å². The van der Waals surface area contributed by atoms with Crippen LogP contribution in [0.1, 0.15) is 0 Å². The standard InChI is InChI=1S/C50H32N4S2/c1-3-14-33(15-4-1)35-18-11-20-38(30-35)53-42-24-8-9-25-43(42)54(39-21-12-19-36(31-39)34-16-5-2-6-17-34)45-32-37(28-29-44(45)53)49-51-50(56-52-49)41-23-13-27-47-48(41)40-22-7-10-26-46(40)55-47/h1-32H. The van der Waals surface area contributed by atoms with Crippen LogP contribution in [0.25, 0.3) is 64.4 Å². The van der Waals surface area contributed by atoms with Crippen molar-refractivity contribution in [2.24, 2.45) is 0 Å². The molecular formula is C50H32N4S2. The molecule has 11 rings (SSSR count). The molecule has 0 atom stereocenters. The molecule has 1 aliphatic heterocycles. The Labute approximate surface area is 333 Å². The summed E-state index contributed by atoms with van der Waals surface area (Å²) in [6, 6.07) is 69.4. The molecule has 0 unspecified atom stereocenters. The highest BCUT2D eigenvalue weighted by molar-refractivity contribution is 7.26. The van der Waals surface area contributed by atoms with Gasteiger partial charge in [0.15, 0.2) is 5.82 Å². The topological polar surface area (TPSA) is 32.3 Å². The lowest BCUT2D eigenvalue weighted by atomic mass is 9.99. The minimum atomic E-state index is 0.721. The summed E-state index contributed by atoms with van der Waals surface area (Å²) in [6.07, 6.45) is 0. The van der Waals surface area contributed by atoms with Crippen molar-refractivity contribution in [1.29, 1.82) is 0 Å². The fraction of sp³-hybridized carbons (Fsp3) is 0. The molecule has 1 aliphatic rings. The molecule has 8 aromatic carbocycles. The molecule has 56 heavy (non-hydrogen) atoms. The number of benzene rings is 8. The van der Waals surface area contributed by atoms with Crippen LogP contribution in [0.2, 0.25) is 0 Å². The molecule has 0 bridgehead atoms. The van der Waals surface area contributed by atoms with Gasteiger partial charge in [-0.15, -0.1) is 11.3 Å². The highest BCUT2D eigenvalue weighted by Crippen LogP contribution is 2.55. The SMILES string of the molecule is c1ccc(-c2cccc(N3c4ccccc4N(c4cccc(-c5ccccc5)c4)c4cc(-c5nsc(-c6cccc7sc8ccccc8c67)n5)ccc43)c2)cc1. The van der Waals surface area contributed by atoms with E-state index in [1.165, 1.54) is 48.4 Å². The Morgan fingerprint density at radius 2 is 0.946 bits per heavy atom. The summed E-state index contributed by atoms with van der Waals surface area (Å²) in [6.45, 7) is 0. The van der Waals surface area contributed by atoms with Gasteiger partial charge in [-0.25, -0.2) is 4.98 Å². The zero-order valence-electron chi connectivity index (χ0n) is 30.1. The van der Waals surface area contributed by atoms with Gasteiger partial charge in [-0.2, -0.15) is 4.37 Å². The zero-order chi connectivity index (χ0) is 37.0. The van der Waals surface area contributed by atoms with Crippen LogP contribution in [0.5, 0.6) is 0 Å². The van der Waals surface area contributed by atoms with Crippen molar-refractivity contribution in [2.45, 2.75) is 0 Å². The largest absolute Gasteiger partial charge is 0.306 e. The van der Waals surface area contributed by atoms with Crippen molar-refractivity contribution in [1.82, 2.24) is 9.36 Å². The van der Waals surface area contributed by atoms with E-state index in [2.05, 4.69) is 204 Å². The Balaban J connectivity index is 1.09. The first-order chi connectivity index (χ1) is 27.8. The van der Waals surface area contributed by atoms with Crippen LogP contribution in [0.3, 0.4) is 0 Å². The number of anilines is 6. The quantitative estimate of drug-likeness (QED) is 0.169. The second kappa shape index (κ2) is 13.5. The minimum absolute atomic E-state index is 0.721. The van der Waals surface area contributed by atoms with Crippen LogP contribution in [0, 0.1) is 0 Å². The molecule has 3 heterocycles. The van der Waals surface area contributed by atoms with E-state index in [-0.39, 0.29) is 0 Å². The normalized spacial score (nSPS) is 12.2. The predicted molar refractivity (Wildman–Crippen MR) is 237 cm³/mol. The van der Waals surface area contributed by atoms with Gasteiger partial charge >= 0.3 is 0 Å². The number of hydrogen-bond acceptors (Lipinski definition) is 6. The second-order valence-electron chi connectivity index (χ2n) is 13.9. The van der Waals surface area contributed by atoms with Crippen molar-refractivity contribution in [3.63, 3.8) is 0 Å². The van der Waals surface area contributed by atoms with Gasteiger partial charge in [0, 0.05) is 42.7 Å². The van der Waals surface area contributed by atoms with Crippen molar-refractivity contribution in [2.75, 3.05) is 9.80 Å². The smallest absolute Gasteiger partial charge is 0.173 e. The molecule has 0 amide bonds. The van der Waals surface area contributed by atoms with E-state index in [0.29, 0.717) is 0 Å². The molecule has 2 aromatic heterocycles. The molecule has 0 spiro atoms. The number of para-hydroxylation sites is 2. The van der Waals surface area contributed by atoms with E-state index in [1.807, 2.05) is 11.3 Å². The van der Waals surface area contributed by atoms with Crippen LogP contribution in [-0.4, -0.2) is 9.36 Å². The molecule has 0 N–H and O–H groups in total. The summed E-state index contributed by atoms with van der Waals surface area (Å²) in [5, 5.41) is 3.43. The van der Waals surface area contributed by atoms with Crippen molar-refractivity contribution < 1.29 is 0 Å². The summed E-state index contributed by atoms with van der Waals surface area (Å²) < 4.78 is 7.55. The van der Waals surface area contributed by atoms with Crippen LogP contribution >= 0.6 is 22.9 Å². The number of hydrogen-bond donors (Lipinski definition) is 0. The van der Waals surface area contributed by atoms with Gasteiger partial charge in [0.1, 0.15) is 5.01 Å². The lowest BCUT2D eigenvalue weighted by Crippen LogP contribution is -2.24. The Morgan fingerprint density at radius 3 is 1.64 bits per heavy atom. The molecule has 0 saturated carbocycles. The minimum Gasteiger partial charge on any atom is -0.306 e. The number of thiophene rings is 1. The van der Waals surface area contributed by atoms with E-state index in [1.54, 1.807) is 0 Å². The molecule has 4 nitrogen and oxygen atoms in total. The van der Waals surface area contributed by atoms with E-state index in [0.717, 1.165) is 61.6 Å². The monoisotopic (exact) mass is 752 g/mol. The van der Waals surface area contributed by atoms with E-state index in [4.69, 9.17) is 9.36 Å². The Kier molecular flexibility index (Phi) is 7.83. The number of nitrogens with zero attached hydrogens (tertiary/aromatic N) is 4. The van der Waals surface area contributed by atoms with Crippen molar-refractivity contribution >= 4 is 77.2 Å². The lowest BCUT2D eigenvalue weighted by Gasteiger charge is -2.40. The number of aromatic nitrogens is 2. The summed E-state index contributed by atoms with van der Waals surface area (Å²) in [5.74, 6) is 0.721. The fourth-order valence-corrected chi connectivity index (χ4v) is 9.85. The second-order valence-corrected chi connectivity index (χ2v) is 15.7. The molecule has 0 radical (unpaired) electrons. The van der Waals surface area contributed by atoms with Crippen LogP contribution in [0.15, 0.2) is 194 Å². The average Bonchev–Trinajstić information content (AvgIpc) is 3.92. The van der Waals surface area contributed by atoms with Crippen LogP contribution in [-0.2, 0) is 0 Å². The summed E-state index contributed by atoms with van der Waals surface area (Å²) in [4.78, 5) is 10.0. The van der Waals surface area contributed by atoms with Crippen LogP contribution in [0.4, 0.5) is 34.1 Å². The summed E-state index contributed by atoms with van der Waals surface area (Å²) in [7, 11) is 0. The van der Waals surface area contributed by atoms with Gasteiger partial charge < -0.3 is 9.80 Å². The summed E-state index contributed by atoms with van der Waals surface area (Å²) >= 11 is 3.29. The molecule has 6 heteroatoms. The fourth-order valence-electron chi connectivity index (χ4n) is 8.00. The molecule has 0 saturated heterocycles. The molecular weight excluding hydrogens is 721 g/mol. The molecule has 0 fully saturated rings. The average molecular weight is 753 g/mol. The van der Waals surface area contributed by atoms with Crippen molar-refractivity contribution in [3.8, 4) is 44.2 Å². The summed E-state index contributed by atoms with van der Waals surface area (Å²) in [5.41, 5.74) is 13.3. The van der Waals surface area contributed by atoms with E-state index in [9.17, 15) is 0 Å². The third-order valence-electron chi connectivity index (χ3n) is 10.6. The van der Waals surface area contributed by atoms with Gasteiger partial charge in [-0.05, 0) is 101 Å². The first-order valence-electron chi connectivity index (χ1n) is 18.7. The number of rotatable bonds is 6. The maximum atomic E-state index is 5.23. The Hall–Kier alpha value is -6.86. The zero-order valence-corrected chi connectivity index (χ0v) is 31.7. The Bertz CT molecular complexity index is 3060. The molecule has 10 aromatic rings. The highest BCUT2D eigenvalue weighted by atomic mass is 32.1.